The zero-order valence-corrected chi connectivity index (χ0v) is 18.1. The number of halogens is 1. The highest BCUT2D eigenvalue weighted by Crippen LogP contribution is 2.55. The normalized spacial score (nSPS) is 25.5. The minimum absolute atomic E-state index is 0.0451. The Morgan fingerprint density at radius 3 is 2.87 bits per heavy atom. The van der Waals surface area contributed by atoms with Gasteiger partial charge in [-0.15, -0.1) is 0 Å². The molecule has 3 aliphatic rings. The number of benzene rings is 1. The van der Waals surface area contributed by atoms with Crippen molar-refractivity contribution in [2.24, 2.45) is 11.3 Å². The van der Waals surface area contributed by atoms with Gasteiger partial charge in [-0.25, -0.2) is 4.98 Å². The summed E-state index contributed by atoms with van der Waals surface area (Å²) in [6.07, 6.45) is 2.51. The number of carbonyl (C=O) groups is 1. The predicted molar refractivity (Wildman–Crippen MR) is 112 cm³/mol. The summed E-state index contributed by atoms with van der Waals surface area (Å²) >= 11 is 6.24. The number of hydrogen-bond donors (Lipinski definition) is 0. The first-order valence-electron chi connectivity index (χ1n) is 10.2. The third-order valence-corrected chi connectivity index (χ3v) is 6.90. The lowest BCUT2D eigenvalue weighted by Crippen LogP contribution is -2.65. The molecule has 0 aliphatic carbocycles. The van der Waals surface area contributed by atoms with Gasteiger partial charge in [-0.05, 0) is 50.6 Å². The van der Waals surface area contributed by atoms with Crippen LogP contribution in [0.3, 0.4) is 0 Å². The molecule has 0 bridgehead atoms. The molecule has 7 heteroatoms. The van der Waals surface area contributed by atoms with Gasteiger partial charge in [0.1, 0.15) is 16.9 Å². The molecule has 0 saturated carbocycles. The second-order valence-electron chi connectivity index (χ2n) is 9.15. The van der Waals surface area contributed by atoms with E-state index in [1.54, 1.807) is 18.3 Å². The van der Waals surface area contributed by atoms with Crippen LogP contribution in [0.25, 0.3) is 0 Å². The van der Waals surface area contributed by atoms with Crippen LogP contribution in [0.1, 0.15) is 42.3 Å². The number of nitrogens with zero attached hydrogens (tertiary/aromatic N) is 2. The van der Waals surface area contributed by atoms with Crippen LogP contribution in [-0.4, -0.2) is 48.2 Å². The van der Waals surface area contributed by atoms with Crippen molar-refractivity contribution in [2.45, 2.75) is 32.0 Å². The molecule has 4 heterocycles. The smallest absolute Gasteiger partial charge is 0.259 e. The molecule has 0 radical (unpaired) electrons. The quantitative estimate of drug-likeness (QED) is 0.719. The molecule has 5 rings (SSSR count). The Balaban J connectivity index is 1.35. The minimum Gasteiger partial charge on any atom is -0.487 e. The average Bonchev–Trinajstić information content (AvgIpc) is 2.71. The molecule has 1 aromatic heterocycles. The second kappa shape index (κ2) is 6.86. The van der Waals surface area contributed by atoms with Crippen LogP contribution in [0.5, 0.6) is 11.6 Å². The topological polar surface area (TPSA) is 60.9 Å². The fourth-order valence-electron chi connectivity index (χ4n) is 5.14. The van der Waals surface area contributed by atoms with Gasteiger partial charge in [0.15, 0.2) is 0 Å². The number of fused-ring (bicyclic) bond motifs is 3. The lowest BCUT2D eigenvalue weighted by molar-refractivity contribution is -0.191. The fraction of sp³-hybridized carbons (Fsp3) is 0.478. The van der Waals surface area contributed by atoms with Crippen molar-refractivity contribution >= 4 is 17.5 Å². The Bertz CT molecular complexity index is 1000. The van der Waals surface area contributed by atoms with Crippen LogP contribution >= 0.6 is 11.6 Å². The molecular formula is C23H25ClN2O4. The Morgan fingerprint density at radius 1 is 1.30 bits per heavy atom. The maximum atomic E-state index is 13.0. The van der Waals surface area contributed by atoms with Crippen molar-refractivity contribution in [2.75, 3.05) is 26.8 Å². The van der Waals surface area contributed by atoms with Crippen LogP contribution in [0, 0.1) is 11.3 Å². The number of amides is 1. The number of pyridine rings is 1. The molecule has 1 aromatic carbocycles. The monoisotopic (exact) mass is 428 g/mol. The number of ether oxygens (including phenoxy) is 3. The third kappa shape index (κ3) is 3.05. The molecular weight excluding hydrogens is 404 g/mol. The molecule has 2 fully saturated rings. The van der Waals surface area contributed by atoms with Gasteiger partial charge < -0.3 is 19.1 Å². The SMILES string of the molecule is COc1ncccc1C(=O)N1CC2(CO[C@@H]3c4cc(Cl)ccc4OC(C)(C)[C@H]3C2)C1. The summed E-state index contributed by atoms with van der Waals surface area (Å²) in [7, 11) is 1.53. The van der Waals surface area contributed by atoms with E-state index in [1.165, 1.54) is 7.11 Å². The number of likely N-dealkylation sites (tertiary alicyclic amines) is 1. The highest BCUT2D eigenvalue weighted by molar-refractivity contribution is 6.30. The van der Waals surface area contributed by atoms with Gasteiger partial charge in [-0.2, -0.15) is 0 Å². The van der Waals surface area contributed by atoms with Crippen LogP contribution in [-0.2, 0) is 4.74 Å². The van der Waals surface area contributed by atoms with Crippen LogP contribution in [0.4, 0.5) is 0 Å². The van der Waals surface area contributed by atoms with Gasteiger partial charge in [0.25, 0.3) is 5.91 Å². The third-order valence-electron chi connectivity index (χ3n) is 6.67. The maximum Gasteiger partial charge on any atom is 0.259 e. The van der Waals surface area contributed by atoms with E-state index in [4.69, 9.17) is 25.8 Å². The standard InChI is InChI=1S/C23H25ClN2O4/c1-22(2)17-10-23(13-29-19(17)16-9-14(24)6-7-18(16)30-22)11-26(12-23)21(27)15-5-4-8-25-20(15)28-3/h4-9,17,19H,10-13H2,1-3H3/t17-,19+/m0/s1. The maximum absolute atomic E-state index is 13.0. The Hall–Kier alpha value is -2.31. The molecule has 158 valence electrons. The lowest BCUT2D eigenvalue weighted by Gasteiger charge is -2.58. The highest BCUT2D eigenvalue weighted by Gasteiger charge is 2.56. The Labute approximate surface area is 181 Å². The Kier molecular flexibility index (Phi) is 4.49. The summed E-state index contributed by atoms with van der Waals surface area (Å²) in [4.78, 5) is 19.0. The molecule has 0 unspecified atom stereocenters. The van der Waals surface area contributed by atoms with E-state index >= 15 is 0 Å². The van der Waals surface area contributed by atoms with Crippen molar-refractivity contribution in [3.05, 3.63) is 52.7 Å². The lowest BCUT2D eigenvalue weighted by atomic mass is 9.64. The highest BCUT2D eigenvalue weighted by atomic mass is 35.5. The summed E-state index contributed by atoms with van der Waals surface area (Å²) in [6, 6.07) is 9.24. The molecule has 30 heavy (non-hydrogen) atoms. The van der Waals surface area contributed by atoms with Crippen molar-refractivity contribution in [1.82, 2.24) is 9.88 Å². The van der Waals surface area contributed by atoms with Gasteiger partial charge in [0.05, 0.1) is 19.8 Å². The zero-order chi connectivity index (χ0) is 21.1. The van der Waals surface area contributed by atoms with E-state index in [1.807, 2.05) is 23.1 Å². The van der Waals surface area contributed by atoms with Crippen LogP contribution in [0.2, 0.25) is 5.02 Å². The molecule has 3 aliphatic heterocycles. The summed E-state index contributed by atoms with van der Waals surface area (Å²) in [6.45, 7) is 6.17. The summed E-state index contributed by atoms with van der Waals surface area (Å²) < 4.78 is 18.0. The zero-order valence-electron chi connectivity index (χ0n) is 17.4. The van der Waals surface area contributed by atoms with Crippen molar-refractivity contribution in [3.8, 4) is 11.6 Å². The van der Waals surface area contributed by atoms with Crippen molar-refractivity contribution in [3.63, 3.8) is 0 Å². The van der Waals surface area contributed by atoms with E-state index in [0.717, 1.165) is 17.7 Å². The van der Waals surface area contributed by atoms with E-state index in [-0.39, 0.29) is 28.9 Å². The first-order valence-corrected chi connectivity index (χ1v) is 10.6. The van der Waals surface area contributed by atoms with Crippen molar-refractivity contribution < 1.29 is 19.0 Å². The summed E-state index contributed by atoms with van der Waals surface area (Å²) in [5, 5.41) is 0.686. The van der Waals surface area contributed by atoms with Crippen LogP contribution in [0.15, 0.2) is 36.5 Å². The largest absolute Gasteiger partial charge is 0.487 e. The first-order chi connectivity index (χ1) is 14.3. The first kappa shape index (κ1) is 19.6. The van der Waals surface area contributed by atoms with E-state index < -0.39 is 0 Å². The minimum atomic E-state index is -0.365. The second-order valence-corrected chi connectivity index (χ2v) is 9.59. The van der Waals surface area contributed by atoms with Gasteiger partial charge >= 0.3 is 0 Å². The van der Waals surface area contributed by atoms with E-state index in [9.17, 15) is 4.79 Å². The molecule has 2 aromatic rings. The number of carbonyl (C=O) groups excluding carboxylic acids is 1. The van der Waals surface area contributed by atoms with Gasteiger partial charge in [-0.3, -0.25) is 4.79 Å². The van der Waals surface area contributed by atoms with Crippen molar-refractivity contribution in [1.29, 1.82) is 0 Å². The summed E-state index contributed by atoms with van der Waals surface area (Å²) in [5.74, 6) is 1.33. The van der Waals surface area contributed by atoms with E-state index in [0.29, 0.717) is 36.2 Å². The fourth-order valence-corrected chi connectivity index (χ4v) is 5.32. The average molecular weight is 429 g/mol. The summed E-state index contributed by atoms with van der Waals surface area (Å²) in [5.41, 5.74) is 1.10. The van der Waals surface area contributed by atoms with Gasteiger partial charge in [0, 0.05) is 41.2 Å². The number of methoxy groups -OCH3 is 1. The molecule has 2 saturated heterocycles. The van der Waals surface area contributed by atoms with E-state index in [2.05, 4.69) is 18.8 Å². The molecule has 6 nitrogen and oxygen atoms in total. The molecule has 0 N–H and O–H groups in total. The number of aromatic nitrogens is 1. The number of hydrogen-bond acceptors (Lipinski definition) is 5. The molecule has 1 spiro atoms. The molecule has 2 atom stereocenters. The van der Waals surface area contributed by atoms with Gasteiger partial charge in [-0.1, -0.05) is 11.6 Å². The predicted octanol–water partition coefficient (Wildman–Crippen LogP) is 4.13. The van der Waals surface area contributed by atoms with Crippen LogP contribution < -0.4 is 9.47 Å². The Morgan fingerprint density at radius 2 is 2.10 bits per heavy atom. The molecule has 1 amide bonds. The number of rotatable bonds is 2. The van der Waals surface area contributed by atoms with Gasteiger partial charge in [0.2, 0.25) is 5.88 Å².